The van der Waals surface area contributed by atoms with Crippen LogP contribution in [0.15, 0.2) is 133 Å². The Balaban J connectivity index is 1.68. The summed E-state index contributed by atoms with van der Waals surface area (Å²) in [5.74, 6) is 0. The van der Waals surface area contributed by atoms with E-state index in [1.807, 2.05) is 0 Å². The minimum atomic E-state index is -0.122. The maximum atomic E-state index is 2.45. The maximum Gasteiger partial charge on any atom is 0.0535 e. The fourth-order valence-corrected chi connectivity index (χ4v) is 5.73. The van der Waals surface area contributed by atoms with Crippen LogP contribution in [0.5, 0.6) is 0 Å². The fraction of sp³-hybridized carbons (Fsp3) is 0.135. The molecule has 2 heteroatoms. The summed E-state index contributed by atoms with van der Waals surface area (Å²) in [6.45, 7) is 9.17. The van der Waals surface area contributed by atoms with Gasteiger partial charge < -0.3 is 9.13 Å². The summed E-state index contributed by atoms with van der Waals surface area (Å²) in [6.07, 6.45) is 0. The molecule has 0 spiro atoms. The summed E-state index contributed by atoms with van der Waals surface area (Å²) >= 11 is 0. The van der Waals surface area contributed by atoms with E-state index in [1.165, 1.54) is 56.4 Å². The van der Waals surface area contributed by atoms with Gasteiger partial charge in [-0.25, -0.2) is 0 Å². The molecule has 2 heterocycles. The van der Waals surface area contributed by atoms with Crippen LogP contribution in [0, 0.1) is 6.92 Å². The topological polar surface area (TPSA) is 9.86 Å². The van der Waals surface area contributed by atoms with Crippen molar-refractivity contribution >= 4 is 0 Å². The molecule has 0 aliphatic carbocycles. The Labute approximate surface area is 231 Å². The van der Waals surface area contributed by atoms with Gasteiger partial charge in [0.25, 0.3) is 0 Å². The molecule has 6 aromatic rings. The first-order chi connectivity index (χ1) is 18.9. The molecule has 2 nitrogen and oxygen atoms in total. The van der Waals surface area contributed by atoms with Crippen LogP contribution in [0.4, 0.5) is 0 Å². The molecule has 0 saturated carbocycles. The van der Waals surface area contributed by atoms with E-state index in [9.17, 15) is 0 Å². The number of aryl methyl sites for hydroxylation is 1. The lowest BCUT2D eigenvalue weighted by Crippen LogP contribution is -2.20. The van der Waals surface area contributed by atoms with E-state index in [2.05, 4.69) is 170 Å². The molecule has 0 unspecified atom stereocenters. The van der Waals surface area contributed by atoms with Crippen LogP contribution < -0.4 is 0 Å². The van der Waals surface area contributed by atoms with Gasteiger partial charge in [0.05, 0.1) is 28.5 Å². The molecule has 0 N–H and O–H groups in total. The summed E-state index contributed by atoms with van der Waals surface area (Å²) in [5, 5.41) is 0. The van der Waals surface area contributed by atoms with Crippen molar-refractivity contribution in [1.29, 1.82) is 0 Å². The van der Waals surface area contributed by atoms with Crippen LogP contribution in [0.3, 0.4) is 0 Å². The first kappa shape index (κ1) is 24.8. The number of nitrogens with zero attached hydrogens (tertiary/aromatic N) is 2. The molecule has 0 amide bonds. The van der Waals surface area contributed by atoms with E-state index in [1.54, 1.807) is 0 Å². The summed E-state index contributed by atoms with van der Waals surface area (Å²) in [7, 11) is 0. The lowest BCUT2D eigenvalue weighted by atomic mass is 9.83. The molecule has 0 atom stereocenters. The fourth-order valence-electron chi connectivity index (χ4n) is 5.73. The molecule has 192 valence electrons. The zero-order valence-electron chi connectivity index (χ0n) is 23.1. The highest BCUT2D eigenvalue weighted by Crippen LogP contribution is 2.41. The first-order valence-corrected chi connectivity index (χ1v) is 13.6. The minimum absolute atomic E-state index is 0.122. The molecule has 0 bridgehead atoms. The van der Waals surface area contributed by atoms with Crippen LogP contribution in [0.25, 0.3) is 45.1 Å². The van der Waals surface area contributed by atoms with Gasteiger partial charge in [-0.05, 0) is 65.4 Å². The smallest absolute Gasteiger partial charge is 0.0535 e. The van der Waals surface area contributed by atoms with Crippen molar-refractivity contribution in [2.45, 2.75) is 33.1 Å². The Bertz CT molecular complexity index is 1660. The third-order valence-corrected chi connectivity index (χ3v) is 7.42. The van der Waals surface area contributed by atoms with Crippen LogP contribution in [0.2, 0.25) is 0 Å². The van der Waals surface area contributed by atoms with Gasteiger partial charge in [0.15, 0.2) is 0 Å². The summed E-state index contributed by atoms with van der Waals surface area (Å²) in [6, 6.07) is 47.9. The highest BCUT2D eigenvalue weighted by molar-refractivity contribution is 5.76. The minimum Gasteiger partial charge on any atom is -0.314 e. The van der Waals surface area contributed by atoms with Gasteiger partial charge in [-0.2, -0.15) is 0 Å². The van der Waals surface area contributed by atoms with E-state index in [4.69, 9.17) is 0 Å². The summed E-state index contributed by atoms with van der Waals surface area (Å²) in [5.41, 5.74) is 12.0. The zero-order valence-corrected chi connectivity index (χ0v) is 23.1. The van der Waals surface area contributed by atoms with Gasteiger partial charge in [0.1, 0.15) is 0 Å². The van der Waals surface area contributed by atoms with E-state index in [0.717, 1.165) is 0 Å². The molecular weight excluding hydrogens is 472 g/mol. The van der Waals surface area contributed by atoms with Crippen molar-refractivity contribution in [1.82, 2.24) is 9.13 Å². The molecule has 2 aromatic heterocycles. The van der Waals surface area contributed by atoms with Crippen molar-refractivity contribution in [3.63, 3.8) is 0 Å². The highest BCUT2D eigenvalue weighted by Gasteiger charge is 2.27. The molecule has 0 aliphatic heterocycles. The lowest BCUT2D eigenvalue weighted by Gasteiger charge is -2.30. The average Bonchev–Trinajstić information content (AvgIpc) is 3.57. The number of rotatable bonds is 5. The van der Waals surface area contributed by atoms with Crippen LogP contribution in [0.1, 0.15) is 32.0 Å². The maximum absolute atomic E-state index is 2.45. The largest absolute Gasteiger partial charge is 0.314 e. The van der Waals surface area contributed by atoms with Crippen molar-refractivity contribution < 1.29 is 0 Å². The van der Waals surface area contributed by atoms with Gasteiger partial charge in [-0.1, -0.05) is 118 Å². The molecule has 4 aromatic carbocycles. The first-order valence-electron chi connectivity index (χ1n) is 13.6. The van der Waals surface area contributed by atoms with Crippen LogP contribution in [-0.4, -0.2) is 9.13 Å². The highest BCUT2D eigenvalue weighted by atomic mass is 15.0. The van der Waals surface area contributed by atoms with Gasteiger partial charge in [-0.3, -0.25) is 0 Å². The van der Waals surface area contributed by atoms with Gasteiger partial charge >= 0.3 is 0 Å². The molecular formula is C37H34N2. The molecule has 39 heavy (non-hydrogen) atoms. The number of hydrogen-bond acceptors (Lipinski definition) is 0. The third-order valence-electron chi connectivity index (χ3n) is 7.42. The van der Waals surface area contributed by atoms with E-state index >= 15 is 0 Å². The van der Waals surface area contributed by atoms with Gasteiger partial charge in [-0.15, -0.1) is 0 Å². The van der Waals surface area contributed by atoms with Crippen molar-refractivity contribution in [3.8, 4) is 45.1 Å². The SMILES string of the molecule is Cc1ccc(-c2ccccc2)n1-c1cccc(-n2c(-c3ccccc3)ccc2-c2ccccc2)c1C(C)(C)C. The third kappa shape index (κ3) is 4.53. The van der Waals surface area contributed by atoms with E-state index in [-0.39, 0.29) is 5.41 Å². The Morgan fingerprint density at radius 3 is 1.23 bits per heavy atom. The number of hydrogen-bond donors (Lipinski definition) is 0. The Morgan fingerprint density at radius 2 is 0.795 bits per heavy atom. The van der Waals surface area contributed by atoms with E-state index < -0.39 is 0 Å². The molecule has 0 saturated heterocycles. The molecule has 6 rings (SSSR count). The van der Waals surface area contributed by atoms with Gasteiger partial charge in [0.2, 0.25) is 0 Å². The molecule has 0 radical (unpaired) electrons. The van der Waals surface area contributed by atoms with Crippen molar-refractivity contribution in [2.75, 3.05) is 0 Å². The summed E-state index contributed by atoms with van der Waals surface area (Å²) in [4.78, 5) is 0. The monoisotopic (exact) mass is 506 g/mol. The molecule has 0 fully saturated rings. The van der Waals surface area contributed by atoms with E-state index in [0.29, 0.717) is 0 Å². The predicted molar refractivity (Wildman–Crippen MR) is 165 cm³/mol. The van der Waals surface area contributed by atoms with Crippen LogP contribution in [-0.2, 0) is 5.41 Å². The number of aromatic nitrogens is 2. The molecule has 0 aliphatic rings. The predicted octanol–water partition coefficient (Wildman–Crippen LogP) is 9.87. The second-order valence-corrected chi connectivity index (χ2v) is 11.2. The Morgan fingerprint density at radius 1 is 0.410 bits per heavy atom. The van der Waals surface area contributed by atoms with Gasteiger partial charge in [0, 0.05) is 11.3 Å². The standard InChI is InChI=1S/C37H34N2/c1-27-23-24-31(28-15-8-5-9-16-28)38(27)34-21-14-22-35(36(34)37(2,3)4)39-32(29-17-10-6-11-18-29)25-26-33(39)30-19-12-7-13-20-30/h5-26H,1-4H3. The Hall–Kier alpha value is -4.56. The number of benzene rings is 4. The average molecular weight is 507 g/mol. The summed E-state index contributed by atoms with van der Waals surface area (Å²) < 4.78 is 4.88. The zero-order chi connectivity index (χ0) is 27.0. The lowest BCUT2D eigenvalue weighted by molar-refractivity contribution is 0.582. The quantitative estimate of drug-likeness (QED) is 0.220. The van der Waals surface area contributed by atoms with Crippen molar-refractivity contribution in [2.24, 2.45) is 0 Å². The Kier molecular flexibility index (Phi) is 6.32. The van der Waals surface area contributed by atoms with Crippen LogP contribution >= 0.6 is 0 Å². The normalized spacial score (nSPS) is 11.6. The second-order valence-electron chi connectivity index (χ2n) is 11.2. The van der Waals surface area contributed by atoms with Crippen molar-refractivity contribution in [3.05, 3.63) is 145 Å². The second kappa shape index (κ2) is 9.96.